The van der Waals surface area contributed by atoms with Gasteiger partial charge in [-0.2, -0.15) is 0 Å². The van der Waals surface area contributed by atoms with Gasteiger partial charge < -0.3 is 10.0 Å². The Morgan fingerprint density at radius 2 is 1.73 bits per heavy atom. The molecule has 2 aromatic carbocycles. The largest absolute Gasteiger partial charge is 0.507 e. The van der Waals surface area contributed by atoms with Gasteiger partial charge in [-0.3, -0.25) is 9.59 Å². The molecule has 0 aromatic heterocycles. The summed E-state index contributed by atoms with van der Waals surface area (Å²) in [5.74, 6) is -1.95. The highest BCUT2D eigenvalue weighted by Crippen LogP contribution is 2.40. The first-order chi connectivity index (χ1) is 14.1. The zero-order valence-corrected chi connectivity index (χ0v) is 18.1. The Bertz CT molecular complexity index is 1020. The molecule has 1 amide bonds. The number of carbonyl (C=O) groups is 2. The topological polar surface area (TPSA) is 57.6 Å². The number of benzene rings is 2. The highest BCUT2D eigenvalue weighted by atomic mass is 19.1. The Balaban J connectivity index is 2.24. The maximum absolute atomic E-state index is 13.5. The molecule has 0 spiro atoms. The molecule has 0 saturated carbocycles. The van der Waals surface area contributed by atoms with Gasteiger partial charge in [0.1, 0.15) is 11.6 Å². The smallest absolute Gasteiger partial charge is 0.295 e. The molecule has 30 heavy (non-hydrogen) atoms. The van der Waals surface area contributed by atoms with Crippen LogP contribution in [-0.2, 0) is 15.0 Å². The van der Waals surface area contributed by atoms with Crippen LogP contribution in [0.15, 0.2) is 48.0 Å². The van der Waals surface area contributed by atoms with E-state index < -0.39 is 23.5 Å². The zero-order valence-electron chi connectivity index (χ0n) is 18.1. The summed E-state index contributed by atoms with van der Waals surface area (Å²) in [7, 11) is 0. The van der Waals surface area contributed by atoms with Gasteiger partial charge >= 0.3 is 0 Å². The summed E-state index contributed by atoms with van der Waals surface area (Å²) in [5, 5.41) is 11.3. The Hall–Kier alpha value is -2.95. The van der Waals surface area contributed by atoms with Crippen molar-refractivity contribution in [2.24, 2.45) is 0 Å². The Morgan fingerprint density at radius 1 is 1.10 bits per heavy atom. The molecular formula is C25H28FNO3. The van der Waals surface area contributed by atoms with Crippen molar-refractivity contribution in [3.63, 3.8) is 0 Å². The van der Waals surface area contributed by atoms with E-state index in [1.807, 2.05) is 32.0 Å². The number of ketones is 1. The van der Waals surface area contributed by atoms with Crippen LogP contribution < -0.4 is 0 Å². The minimum atomic E-state index is -0.747. The second-order valence-electron chi connectivity index (χ2n) is 8.82. The lowest BCUT2D eigenvalue weighted by Gasteiger charge is -2.25. The number of aliphatic hydroxyl groups excluding tert-OH is 1. The van der Waals surface area contributed by atoms with Gasteiger partial charge in [0.2, 0.25) is 0 Å². The number of hydrogen-bond donors (Lipinski definition) is 1. The molecule has 4 nitrogen and oxygen atoms in total. The summed E-state index contributed by atoms with van der Waals surface area (Å²) in [5.41, 5.74) is 2.84. The third-order valence-corrected chi connectivity index (χ3v) is 5.55. The predicted octanol–water partition coefficient (Wildman–Crippen LogP) is 5.26. The number of carbonyl (C=O) groups excluding carboxylic acids is 2. The van der Waals surface area contributed by atoms with Gasteiger partial charge in [-0.1, -0.05) is 52.0 Å². The minimum Gasteiger partial charge on any atom is -0.507 e. The summed E-state index contributed by atoms with van der Waals surface area (Å²) in [4.78, 5) is 27.2. The van der Waals surface area contributed by atoms with Crippen molar-refractivity contribution in [3.8, 4) is 0 Å². The monoisotopic (exact) mass is 409 g/mol. The van der Waals surface area contributed by atoms with Crippen molar-refractivity contribution in [1.29, 1.82) is 0 Å². The molecule has 158 valence electrons. The summed E-state index contributed by atoms with van der Waals surface area (Å²) in [6, 6.07) is 10.7. The molecular weight excluding hydrogens is 381 g/mol. The van der Waals surface area contributed by atoms with Crippen LogP contribution in [0.2, 0.25) is 0 Å². The first-order valence-electron chi connectivity index (χ1n) is 10.2. The number of nitrogens with zero attached hydrogens (tertiary/aromatic N) is 1. The fourth-order valence-corrected chi connectivity index (χ4v) is 3.83. The molecule has 1 N–H and O–H groups in total. The molecule has 3 rings (SSSR count). The van der Waals surface area contributed by atoms with Crippen molar-refractivity contribution < 1.29 is 19.1 Å². The molecule has 0 radical (unpaired) electrons. The highest BCUT2D eigenvalue weighted by molar-refractivity contribution is 6.46. The average molecular weight is 410 g/mol. The Labute approximate surface area is 177 Å². The third kappa shape index (κ3) is 3.89. The van der Waals surface area contributed by atoms with Crippen molar-refractivity contribution >= 4 is 17.4 Å². The highest BCUT2D eigenvalue weighted by Gasteiger charge is 2.45. The van der Waals surface area contributed by atoms with E-state index in [1.165, 1.54) is 17.0 Å². The molecule has 0 aliphatic carbocycles. The molecule has 2 aromatic rings. The fraction of sp³-hybridized carbons (Fsp3) is 0.360. The first-order valence-corrected chi connectivity index (χ1v) is 10.2. The van der Waals surface area contributed by atoms with Gasteiger partial charge in [0.05, 0.1) is 11.6 Å². The quantitative estimate of drug-likeness (QED) is 0.426. The third-order valence-electron chi connectivity index (χ3n) is 5.55. The van der Waals surface area contributed by atoms with Crippen LogP contribution in [0.3, 0.4) is 0 Å². The second-order valence-corrected chi connectivity index (χ2v) is 8.82. The van der Waals surface area contributed by atoms with Crippen LogP contribution in [0, 0.1) is 12.7 Å². The molecule has 5 heteroatoms. The van der Waals surface area contributed by atoms with Gasteiger partial charge in [0, 0.05) is 12.1 Å². The van der Waals surface area contributed by atoms with Crippen LogP contribution in [0.5, 0.6) is 0 Å². The second kappa shape index (κ2) is 8.05. The number of hydrogen-bond acceptors (Lipinski definition) is 3. The van der Waals surface area contributed by atoms with Crippen molar-refractivity contribution in [3.05, 3.63) is 76.1 Å². The lowest BCUT2D eigenvalue weighted by atomic mass is 9.84. The maximum Gasteiger partial charge on any atom is 0.295 e. The standard InChI is InChI=1S/C25H28FNO3/c1-6-13-27-21(16-8-11-18(26)12-9-16)20(23(29)24(27)30)22(28)19-14-17(25(3,4)5)10-7-15(19)2/h7-12,14,21,28H,6,13H2,1-5H3/b22-20+. The van der Waals surface area contributed by atoms with Crippen LogP contribution in [0.4, 0.5) is 4.39 Å². The van der Waals surface area contributed by atoms with Crippen molar-refractivity contribution in [2.45, 2.75) is 52.5 Å². The number of amides is 1. The molecule has 1 aliphatic rings. The predicted molar refractivity (Wildman–Crippen MR) is 116 cm³/mol. The average Bonchev–Trinajstić information content (AvgIpc) is 2.93. The minimum absolute atomic E-state index is 0.0502. The number of halogens is 1. The molecule has 0 bridgehead atoms. The van der Waals surface area contributed by atoms with E-state index in [4.69, 9.17) is 0 Å². The van der Waals surface area contributed by atoms with Crippen LogP contribution in [0.1, 0.15) is 62.4 Å². The lowest BCUT2D eigenvalue weighted by Crippen LogP contribution is -2.30. The Kier molecular flexibility index (Phi) is 5.84. The zero-order chi connectivity index (χ0) is 22.2. The van der Waals surface area contributed by atoms with Gasteiger partial charge in [-0.05, 0) is 53.6 Å². The number of Topliss-reactive ketones (excluding diaryl/α,β-unsaturated/α-hetero) is 1. The van der Waals surface area contributed by atoms with E-state index in [0.717, 1.165) is 11.1 Å². The summed E-state index contributed by atoms with van der Waals surface area (Å²) in [6.07, 6.45) is 0.656. The molecule has 1 aliphatic heterocycles. The van der Waals surface area contributed by atoms with E-state index in [1.54, 1.807) is 12.1 Å². The maximum atomic E-state index is 13.5. The number of aliphatic hydroxyl groups is 1. The van der Waals surface area contributed by atoms with E-state index in [2.05, 4.69) is 20.8 Å². The van der Waals surface area contributed by atoms with Gasteiger partial charge in [-0.15, -0.1) is 0 Å². The van der Waals surface area contributed by atoms with Crippen LogP contribution in [-0.4, -0.2) is 28.2 Å². The van der Waals surface area contributed by atoms with E-state index >= 15 is 0 Å². The number of aryl methyl sites for hydroxylation is 1. The van der Waals surface area contributed by atoms with Crippen LogP contribution >= 0.6 is 0 Å². The first kappa shape index (κ1) is 21.8. The Morgan fingerprint density at radius 3 is 2.30 bits per heavy atom. The lowest BCUT2D eigenvalue weighted by molar-refractivity contribution is -0.139. The summed E-state index contributed by atoms with van der Waals surface area (Å²) < 4.78 is 13.5. The van der Waals surface area contributed by atoms with Crippen molar-refractivity contribution in [2.75, 3.05) is 6.54 Å². The number of rotatable bonds is 4. The van der Waals surface area contributed by atoms with Crippen molar-refractivity contribution in [1.82, 2.24) is 4.90 Å². The summed E-state index contributed by atoms with van der Waals surface area (Å²) >= 11 is 0. The van der Waals surface area contributed by atoms with Gasteiger partial charge in [-0.25, -0.2) is 4.39 Å². The van der Waals surface area contributed by atoms with E-state index in [9.17, 15) is 19.1 Å². The van der Waals surface area contributed by atoms with E-state index in [0.29, 0.717) is 24.1 Å². The molecule has 1 atom stereocenters. The molecule has 1 fully saturated rings. The normalized spacial score (nSPS) is 18.9. The summed E-state index contributed by atoms with van der Waals surface area (Å²) in [6.45, 7) is 10.3. The van der Waals surface area contributed by atoms with Crippen LogP contribution in [0.25, 0.3) is 5.76 Å². The molecule has 1 heterocycles. The molecule has 1 unspecified atom stereocenters. The SMILES string of the molecule is CCCN1C(=O)C(=O)/C(=C(/O)c2cc(C(C)(C)C)ccc2C)C1c1ccc(F)cc1. The number of likely N-dealkylation sites (tertiary alicyclic amines) is 1. The molecule has 1 saturated heterocycles. The van der Waals surface area contributed by atoms with Gasteiger partial charge in [0.25, 0.3) is 11.7 Å². The van der Waals surface area contributed by atoms with Gasteiger partial charge in [0.15, 0.2) is 0 Å². The van der Waals surface area contributed by atoms with E-state index in [-0.39, 0.29) is 16.7 Å². The fourth-order valence-electron chi connectivity index (χ4n) is 3.83.